The Hall–Kier alpha value is -3.47. The zero-order valence-electron chi connectivity index (χ0n) is 17.2. The third-order valence-corrected chi connectivity index (χ3v) is 5.18. The lowest BCUT2D eigenvalue weighted by molar-refractivity contribution is 0.0936. The van der Waals surface area contributed by atoms with E-state index in [0.717, 1.165) is 33.9 Å². The van der Waals surface area contributed by atoms with E-state index in [1.165, 1.54) is 0 Å². The van der Waals surface area contributed by atoms with E-state index in [1.807, 2.05) is 73.7 Å². The van der Waals surface area contributed by atoms with Gasteiger partial charge in [0, 0.05) is 11.6 Å². The summed E-state index contributed by atoms with van der Waals surface area (Å²) in [5, 5.41) is 3.21. The molecule has 1 heterocycles. The lowest BCUT2D eigenvalue weighted by atomic mass is 9.98. The van der Waals surface area contributed by atoms with Crippen molar-refractivity contribution in [2.75, 3.05) is 13.9 Å². The summed E-state index contributed by atoms with van der Waals surface area (Å²) in [4.78, 5) is 12.9. The second-order valence-corrected chi connectivity index (χ2v) is 7.48. The highest BCUT2D eigenvalue weighted by atomic mass is 16.7. The first-order valence-electron chi connectivity index (χ1n) is 10.00. The molecule has 1 unspecified atom stereocenters. The van der Waals surface area contributed by atoms with Crippen molar-refractivity contribution < 1.29 is 19.0 Å². The zero-order chi connectivity index (χ0) is 20.9. The Morgan fingerprint density at radius 1 is 0.967 bits per heavy atom. The van der Waals surface area contributed by atoms with Crippen LogP contribution in [0.3, 0.4) is 0 Å². The molecule has 0 aromatic heterocycles. The molecule has 1 atom stereocenters. The van der Waals surface area contributed by atoms with Crippen LogP contribution in [0.2, 0.25) is 0 Å². The molecular weight excluding hydrogens is 378 g/mol. The van der Waals surface area contributed by atoms with Gasteiger partial charge in [0.1, 0.15) is 5.75 Å². The third kappa shape index (κ3) is 4.74. The van der Waals surface area contributed by atoms with Crippen molar-refractivity contribution >= 4 is 5.91 Å². The number of amides is 1. The molecule has 154 valence electrons. The number of methoxy groups -OCH3 is 1. The summed E-state index contributed by atoms with van der Waals surface area (Å²) in [6.07, 6.45) is 1.39. The van der Waals surface area contributed by atoms with Gasteiger partial charge >= 0.3 is 0 Å². The molecular formula is C25H25NO4. The Balaban J connectivity index is 1.54. The number of fused-ring (bicyclic) bond motifs is 1. The molecule has 0 aliphatic carbocycles. The van der Waals surface area contributed by atoms with E-state index in [1.54, 1.807) is 7.11 Å². The van der Waals surface area contributed by atoms with E-state index in [-0.39, 0.29) is 18.7 Å². The Labute approximate surface area is 176 Å². The normalized spacial score (nSPS) is 13.0. The molecule has 1 amide bonds. The summed E-state index contributed by atoms with van der Waals surface area (Å²) in [7, 11) is 1.65. The smallest absolute Gasteiger partial charge is 0.251 e. The van der Waals surface area contributed by atoms with E-state index in [2.05, 4.69) is 5.32 Å². The van der Waals surface area contributed by atoms with Gasteiger partial charge in [-0.3, -0.25) is 4.79 Å². The molecule has 5 nitrogen and oxygen atoms in total. The Morgan fingerprint density at radius 2 is 1.70 bits per heavy atom. The van der Waals surface area contributed by atoms with Crippen LogP contribution in [0.1, 0.15) is 27.0 Å². The molecule has 0 saturated carbocycles. The number of nitrogens with one attached hydrogen (secondary N) is 1. The van der Waals surface area contributed by atoms with Gasteiger partial charge in [0.15, 0.2) is 11.5 Å². The molecule has 3 aromatic rings. The molecule has 0 spiro atoms. The van der Waals surface area contributed by atoms with E-state index < -0.39 is 0 Å². The van der Waals surface area contributed by atoms with E-state index in [0.29, 0.717) is 18.4 Å². The number of benzene rings is 3. The fourth-order valence-electron chi connectivity index (χ4n) is 3.63. The summed E-state index contributed by atoms with van der Waals surface area (Å²) >= 11 is 0. The van der Waals surface area contributed by atoms with Gasteiger partial charge in [-0.05, 0) is 67.3 Å². The van der Waals surface area contributed by atoms with Crippen LogP contribution in [-0.2, 0) is 12.8 Å². The summed E-state index contributed by atoms with van der Waals surface area (Å²) in [5.41, 5.74) is 3.94. The standard InChI is InChI=1S/C25H25NO4/c1-17-4-3-5-20(12-17)25(27)26-21(13-18-6-9-22(28-2)10-7-18)14-19-8-11-23-24(15-19)30-16-29-23/h3-12,15,21H,13-14,16H2,1-2H3,(H,26,27). The van der Waals surface area contributed by atoms with Gasteiger partial charge in [0.2, 0.25) is 6.79 Å². The highest BCUT2D eigenvalue weighted by Crippen LogP contribution is 2.33. The lowest BCUT2D eigenvalue weighted by Crippen LogP contribution is -2.38. The number of ether oxygens (including phenoxy) is 3. The second kappa shape index (κ2) is 8.91. The van der Waals surface area contributed by atoms with Crippen LogP contribution in [0.15, 0.2) is 66.7 Å². The van der Waals surface area contributed by atoms with Gasteiger partial charge in [-0.1, -0.05) is 35.9 Å². The van der Waals surface area contributed by atoms with Crippen molar-refractivity contribution in [3.05, 3.63) is 89.0 Å². The van der Waals surface area contributed by atoms with Crippen molar-refractivity contribution in [2.45, 2.75) is 25.8 Å². The number of carbonyl (C=O) groups excluding carboxylic acids is 1. The first-order chi connectivity index (χ1) is 14.6. The third-order valence-electron chi connectivity index (χ3n) is 5.18. The van der Waals surface area contributed by atoms with Crippen molar-refractivity contribution in [3.63, 3.8) is 0 Å². The average Bonchev–Trinajstić information content (AvgIpc) is 3.22. The fraction of sp³-hybridized carbons (Fsp3) is 0.240. The van der Waals surface area contributed by atoms with Crippen LogP contribution in [0.4, 0.5) is 0 Å². The molecule has 0 bridgehead atoms. The molecule has 3 aromatic carbocycles. The van der Waals surface area contributed by atoms with Crippen LogP contribution in [0.5, 0.6) is 17.2 Å². The Kier molecular flexibility index (Phi) is 5.89. The molecule has 0 fully saturated rings. The van der Waals surface area contributed by atoms with E-state index in [4.69, 9.17) is 14.2 Å². The van der Waals surface area contributed by atoms with Crippen molar-refractivity contribution in [2.24, 2.45) is 0 Å². The summed E-state index contributed by atoms with van der Waals surface area (Å²) < 4.78 is 16.2. The maximum atomic E-state index is 12.9. The van der Waals surface area contributed by atoms with Gasteiger partial charge in [-0.15, -0.1) is 0 Å². The number of rotatable bonds is 7. The minimum atomic E-state index is -0.0771. The van der Waals surface area contributed by atoms with Gasteiger partial charge in [0.25, 0.3) is 5.91 Å². The molecule has 1 aliphatic rings. The quantitative estimate of drug-likeness (QED) is 0.639. The van der Waals surface area contributed by atoms with Crippen LogP contribution in [-0.4, -0.2) is 25.9 Å². The summed E-state index contributed by atoms with van der Waals surface area (Å²) in [5.74, 6) is 2.25. The highest BCUT2D eigenvalue weighted by molar-refractivity contribution is 5.94. The Bertz CT molecular complexity index is 1030. The first kappa shape index (κ1) is 19.8. The maximum Gasteiger partial charge on any atom is 0.251 e. The van der Waals surface area contributed by atoms with Crippen LogP contribution >= 0.6 is 0 Å². The molecule has 1 N–H and O–H groups in total. The predicted molar refractivity (Wildman–Crippen MR) is 115 cm³/mol. The van der Waals surface area contributed by atoms with E-state index >= 15 is 0 Å². The topological polar surface area (TPSA) is 56.8 Å². The molecule has 0 saturated heterocycles. The van der Waals surface area contributed by atoms with Gasteiger partial charge in [-0.25, -0.2) is 0 Å². The number of hydrogen-bond donors (Lipinski definition) is 1. The maximum absolute atomic E-state index is 12.9. The Morgan fingerprint density at radius 3 is 2.47 bits per heavy atom. The molecule has 4 rings (SSSR count). The first-order valence-corrected chi connectivity index (χ1v) is 10.00. The largest absolute Gasteiger partial charge is 0.497 e. The minimum absolute atomic E-state index is 0.0713. The fourth-order valence-corrected chi connectivity index (χ4v) is 3.63. The van der Waals surface area contributed by atoms with Crippen molar-refractivity contribution in [1.29, 1.82) is 0 Å². The van der Waals surface area contributed by atoms with Crippen molar-refractivity contribution in [3.8, 4) is 17.2 Å². The monoisotopic (exact) mass is 403 g/mol. The zero-order valence-corrected chi connectivity index (χ0v) is 17.2. The molecule has 0 radical (unpaired) electrons. The number of carbonyl (C=O) groups is 1. The summed E-state index contributed by atoms with van der Waals surface area (Å²) in [6.45, 7) is 2.23. The van der Waals surface area contributed by atoms with Crippen LogP contribution < -0.4 is 19.5 Å². The molecule has 30 heavy (non-hydrogen) atoms. The van der Waals surface area contributed by atoms with Crippen LogP contribution in [0, 0.1) is 6.92 Å². The lowest BCUT2D eigenvalue weighted by Gasteiger charge is -2.20. The van der Waals surface area contributed by atoms with Gasteiger partial charge < -0.3 is 19.5 Å². The minimum Gasteiger partial charge on any atom is -0.497 e. The van der Waals surface area contributed by atoms with Gasteiger partial charge in [-0.2, -0.15) is 0 Å². The molecule has 5 heteroatoms. The highest BCUT2D eigenvalue weighted by Gasteiger charge is 2.18. The van der Waals surface area contributed by atoms with Crippen LogP contribution in [0.25, 0.3) is 0 Å². The number of hydrogen-bond acceptors (Lipinski definition) is 4. The van der Waals surface area contributed by atoms with Gasteiger partial charge in [0.05, 0.1) is 7.11 Å². The van der Waals surface area contributed by atoms with Crippen molar-refractivity contribution in [1.82, 2.24) is 5.32 Å². The SMILES string of the molecule is COc1ccc(CC(Cc2ccc3c(c2)OCO3)NC(=O)c2cccc(C)c2)cc1. The predicted octanol–water partition coefficient (Wildman–Crippen LogP) is 4.32. The average molecular weight is 403 g/mol. The summed E-state index contributed by atoms with van der Waals surface area (Å²) in [6, 6.07) is 21.4. The number of aryl methyl sites for hydroxylation is 1. The second-order valence-electron chi connectivity index (χ2n) is 7.48. The van der Waals surface area contributed by atoms with E-state index in [9.17, 15) is 4.79 Å². The molecule has 1 aliphatic heterocycles.